The molecule has 2 amide bonds. The van der Waals surface area contributed by atoms with Crippen molar-refractivity contribution in [3.8, 4) is 33.8 Å². The molecule has 0 bridgehead atoms. The first-order valence-corrected chi connectivity index (χ1v) is 24.7. The zero-order valence-corrected chi connectivity index (χ0v) is 37.4. The maximum Gasteiger partial charge on any atom is 0.311 e. The van der Waals surface area contributed by atoms with Gasteiger partial charge in [-0.2, -0.15) is 0 Å². The second kappa shape index (κ2) is 23.9. The van der Waals surface area contributed by atoms with Crippen molar-refractivity contribution in [1.82, 2.24) is 10.2 Å². The quantitative estimate of drug-likeness (QED) is 0.0384. The number of nitrogens with zero attached hydrogens (tertiary/aromatic N) is 1. The highest BCUT2D eigenvalue weighted by molar-refractivity contribution is 8.77. The number of carbonyl (C=O) groups is 4. The fraction of sp³-hybridized carbons (Fsp3) is 0.378. The van der Waals surface area contributed by atoms with Gasteiger partial charge in [0.1, 0.15) is 34.8 Å². The Balaban J connectivity index is 0.000000231. The standard InChI is InChI=1S/C23H25F2NO3S2.C22H23F2NO3S2/c1-26(2)23(28)19-13-15(18-9-8-16(24)14-20(18)25)7-10-21(19)29-22(27)6-4-3-5-17-11-12-30-31-17;1-25-22(27)18-12-14(17-8-7-15(23)13-19(17)24)6-9-20(18)28-21(26)5-3-2-4-16-10-11-29-30-16/h7-10,13-14,17H,3-6,11-12H2,1-2H3;6-9,12-13,16H,2-5,10-11H2,1H3,(H,25,27)/t17-;16-/m11/s1. The number of amides is 2. The van der Waals surface area contributed by atoms with Crippen LogP contribution in [-0.2, 0) is 9.59 Å². The highest BCUT2D eigenvalue weighted by atomic mass is 33.1. The predicted octanol–water partition coefficient (Wildman–Crippen LogP) is 11.6. The number of halogens is 4. The number of unbranched alkanes of at least 4 members (excludes halogenated alkanes) is 2. The second-order valence-corrected chi connectivity index (χ2v) is 20.1. The fourth-order valence-corrected chi connectivity index (χ4v) is 12.6. The van der Waals surface area contributed by atoms with Crippen LogP contribution in [0.2, 0.25) is 0 Å². The van der Waals surface area contributed by atoms with Crippen molar-refractivity contribution < 1.29 is 46.2 Å². The van der Waals surface area contributed by atoms with Crippen LogP contribution in [0.15, 0.2) is 72.8 Å². The molecule has 0 aliphatic carbocycles. The Morgan fingerprint density at radius 3 is 1.51 bits per heavy atom. The summed E-state index contributed by atoms with van der Waals surface area (Å²) >= 11 is 0. The van der Waals surface area contributed by atoms with Crippen LogP contribution < -0.4 is 14.8 Å². The normalized spacial score (nSPS) is 15.7. The minimum atomic E-state index is -0.735. The number of benzene rings is 4. The van der Waals surface area contributed by atoms with Crippen LogP contribution in [-0.4, -0.2) is 71.8 Å². The minimum absolute atomic E-state index is 0.117. The summed E-state index contributed by atoms with van der Waals surface area (Å²) in [5.41, 5.74) is 1.37. The van der Waals surface area contributed by atoms with Gasteiger partial charge in [-0.3, -0.25) is 19.2 Å². The van der Waals surface area contributed by atoms with Gasteiger partial charge in [-0.1, -0.05) is 68.1 Å². The summed E-state index contributed by atoms with van der Waals surface area (Å²) in [5, 5.41) is 3.84. The van der Waals surface area contributed by atoms with Gasteiger partial charge in [-0.25, -0.2) is 17.6 Å². The molecule has 2 fully saturated rings. The van der Waals surface area contributed by atoms with Crippen LogP contribution in [0.5, 0.6) is 11.5 Å². The van der Waals surface area contributed by atoms with Crippen LogP contribution in [0.4, 0.5) is 17.6 Å². The van der Waals surface area contributed by atoms with Crippen LogP contribution in [0.1, 0.15) is 84.9 Å². The Morgan fingerprint density at radius 1 is 0.639 bits per heavy atom. The highest BCUT2D eigenvalue weighted by Crippen LogP contribution is 2.41. The van der Waals surface area contributed by atoms with Crippen molar-refractivity contribution in [1.29, 1.82) is 0 Å². The van der Waals surface area contributed by atoms with Crippen molar-refractivity contribution in [3.63, 3.8) is 0 Å². The molecule has 0 aromatic heterocycles. The molecule has 326 valence electrons. The third-order valence-corrected chi connectivity index (χ3v) is 15.8. The molecule has 2 saturated heterocycles. The summed E-state index contributed by atoms with van der Waals surface area (Å²) in [4.78, 5) is 50.9. The number of esters is 2. The van der Waals surface area contributed by atoms with Gasteiger partial charge < -0.3 is 19.7 Å². The lowest BCUT2D eigenvalue weighted by atomic mass is 10.0. The Morgan fingerprint density at radius 2 is 1.10 bits per heavy atom. The number of carbonyl (C=O) groups excluding carboxylic acids is 4. The van der Waals surface area contributed by atoms with Gasteiger partial charge in [0.05, 0.1) is 11.1 Å². The molecule has 2 heterocycles. The average Bonchev–Trinajstić information content (AvgIpc) is 3.97. The lowest BCUT2D eigenvalue weighted by Gasteiger charge is -2.16. The molecule has 0 unspecified atom stereocenters. The molecule has 4 aromatic rings. The summed E-state index contributed by atoms with van der Waals surface area (Å²) in [6.07, 6.45) is 8.54. The van der Waals surface area contributed by atoms with Gasteiger partial charge >= 0.3 is 11.9 Å². The molecule has 6 rings (SSSR count). The van der Waals surface area contributed by atoms with E-state index in [0.717, 1.165) is 62.8 Å². The Labute approximate surface area is 369 Å². The zero-order valence-electron chi connectivity index (χ0n) is 34.1. The monoisotopic (exact) mass is 916 g/mol. The average molecular weight is 917 g/mol. The van der Waals surface area contributed by atoms with Crippen LogP contribution in [0.3, 0.4) is 0 Å². The number of ether oxygens (including phenoxy) is 2. The minimum Gasteiger partial charge on any atom is -0.426 e. The summed E-state index contributed by atoms with van der Waals surface area (Å²) in [5.74, 6) is -1.83. The first-order chi connectivity index (χ1) is 29.3. The van der Waals surface area contributed by atoms with Crippen molar-refractivity contribution in [3.05, 3.63) is 107 Å². The Bertz CT molecular complexity index is 2170. The van der Waals surface area contributed by atoms with E-state index in [4.69, 9.17) is 9.47 Å². The van der Waals surface area contributed by atoms with E-state index in [1.165, 1.54) is 72.7 Å². The van der Waals surface area contributed by atoms with E-state index >= 15 is 0 Å². The fourth-order valence-electron chi connectivity index (χ4n) is 6.50. The van der Waals surface area contributed by atoms with Gasteiger partial charge in [-0.15, -0.1) is 0 Å². The molecular weight excluding hydrogens is 869 g/mol. The lowest BCUT2D eigenvalue weighted by molar-refractivity contribution is -0.135. The van der Waals surface area contributed by atoms with Crippen LogP contribution >= 0.6 is 43.2 Å². The van der Waals surface area contributed by atoms with Crippen LogP contribution in [0.25, 0.3) is 22.3 Å². The Kier molecular flexibility index (Phi) is 18.8. The molecule has 8 nitrogen and oxygen atoms in total. The third kappa shape index (κ3) is 14.5. The molecule has 1 N–H and O–H groups in total. The van der Waals surface area contributed by atoms with Gasteiger partial charge in [0.15, 0.2) is 0 Å². The van der Waals surface area contributed by atoms with Gasteiger partial charge in [0.2, 0.25) is 0 Å². The van der Waals surface area contributed by atoms with Crippen molar-refractivity contribution in [2.24, 2.45) is 0 Å². The second-order valence-electron chi connectivity index (χ2n) is 14.5. The molecule has 0 spiro atoms. The summed E-state index contributed by atoms with van der Waals surface area (Å²) in [6, 6.07) is 15.5. The number of rotatable bonds is 16. The smallest absolute Gasteiger partial charge is 0.311 e. The maximum absolute atomic E-state index is 14.2. The first kappa shape index (κ1) is 47.9. The van der Waals surface area contributed by atoms with E-state index in [9.17, 15) is 36.7 Å². The molecule has 2 aliphatic rings. The van der Waals surface area contributed by atoms with Crippen molar-refractivity contribution in [2.75, 3.05) is 32.6 Å². The maximum atomic E-state index is 14.2. The summed E-state index contributed by atoms with van der Waals surface area (Å²) in [7, 11) is 12.3. The van der Waals surface area contributed by atoms with E-state index in [0.29, 0.717) is 21.6 Å². The number of hydrogen-bond donors (Lipinski definition) is 1. The van der Waals surface area contributed by atoms with E-state index in [1.54, 1.807) is 26.2 Å². The number of hydrogen-bond acceptors (Lipinski definition) is 10. The van der Waals surface area contributed by atoms with E-state index in [-0.39, 0.29) is 52.5 Å². The molecular formula is C45H48F4N2O6S4. The van der Waals surface area contributed by atoms with E-state index in [1.807, 2.05) is 43.2 Å². The molecule has 2 atom stereocenters. The van der Waals surface area contributed by atoms with Crippen molar-refractivity contribution in [2.45, 2.75) is 74.7 Å². The molecule has 16 heteroatoms. The van der Waals surface area contributed by atoms with Gasteiger partial charge in [0.25, 0.3) is 11.8 Å². The third-order valence-electron chi connectivity index (χ3n) is 9.77. The molecule has 0 saturated carbocycles. The molecule has 61 heavy (non-hydrogen) atoms. The lowest BCUT2D eigenvalue weighted by Crippen LogP contribution is -2.23. The molecule has 0 radical (unpaired) electrons. The first-order valence-electron chi connectivity index (χ1n) is 19.9. The molecule has 4 aromatic carbocycles. The molecule has 2 aliphatic heterocycles. The summed E-state index contributed by atoms with van der Waals surface area (Å²) in [6.45, 7) is 0. The predicted molar refractivity (Wildman–Crippen MR) is 240 cm³/mol. The highest BCUT2D eigenvalue weighted by Gasteiger charge is 2.22. The zero-order chi connectivity index (χ0) is 43.9. The topological polar surface area (TPSA) is 102 Å². The van der Waals surface area contributed by atoms with Crippen molar-refractivity contribution >= 4 is 66.9 Å². The van der Waals surface area contributed by atoms with E-state index < -0.39 is 41.1 Å². The van der Waals surface area contributed by atoms with Crippen LogP contribution in [0, 0.1) is 23.3 Å². The van der Waals surface area contributed by atoms with Gasteiger partial charge in [0, 0.05) is 79.2 Å². The van der Waals surface area contributed by atoms with E-state index in [2.05, 4.69) is 5.32 Å². The number of nitrogens with one attached hydrogen (secondary N) is 1. The largest absolute Gasteiger partial charge is 0.426 e. The SMILES string of the molecule is CN(C)C(=O)c1cc(-c2ccc(F)cc2F)ccc1OC(=O)CCCC[C@@H]1CCSS1.CNC(=O)c1cc(-c2ccc(F)cc2F)ccc1OC(=O)CCCC[C@@H]1CCSS1. The summed E-state index contributed by atoms with van der Waals surface area (Å²) < 4.78 is 65.6. The Hall–Kier alpha value is -4.12. The van der Waals surface area contributed by atoms with Gasteiger partial charge in [-0.05, 0) is 98.2 Å².